The van der Waals surface area contributed by atoms with Gasteiger partial charge in [-0.25, -0.2) is 0 Å². The van der Waals surface area contributed by atoms with E-state index in [4.69, 9.17) is 9.47 Å². The Labute approximate surface area is 182 Å². The number of hydrogen-bond acceptors (Lipinski definition) is 5. The molecule has 5 nitrogen and oxygen atoms in total. The van der Waals surface area contributed by atoms with Crippen LogP contribution in [0.25, 0.3) is 0 Å². The molecule has 3 aromatic rings. The average molecular weight is 425 g/mol. The minimum absolute atomic E-state index is 0.00654. The van der Waals surface area contributed by atoms with Gasteiger partial charge >= 0.3 is 0 Å². The van der Waals surface area contributed by atoms with Crippen LogP contribution in [-0.4, -0.2) is 45.2 Å². The molecule has 0 saturated carbocycles. The second-order valence-electron chi connectivity index (χ2n) is 7.10. The fourth-order valence-corrected chi connectivity index (χ4v) is 4.11. The van der Waals surface area contributed by atoms with Crippen LogP contribution in [0.3, 0.4) is 0 Å². The number of amides is 1. The Bertz CT molecular complexity index is 929. The van der Waals surface area contributed by atoms with E-state index in [0.717, 1.165) is 40.5 Å². The maximum atomic E-state index is 12.7. The third-order valence-electron chi connectivity index (χ3n) is 4.91. The highest BCUT2D eigenvalue weighted by atomic mass is 32.1. The summed E-state index contributed by atoms with van der Waals surface area (Å²) in [5.41, 5.74) is 2.22. The predicted octanol–water partition coefficient (Wildman–Crippen LogP) is 4.15. The lowest BCUT2D eigenvalue weighted by atomic mass is 10.1. The molecule has 30 heavy (non-hydrogen) atoms. The van der Waals surface area contributed by atoms with Gasteiger partial charge in [-0.1, -0.05) is 42.5 Å². The average Bonchev–Trinajstić information content (AvgIpc) is 3.31. The highest BCUT2D eigenvalue weighted by Gasteiger charge is 2.18. The molecule has 0 aliphatic rings. The SMILES string of the molecule is COc1ccc(CCN(C)CC(=O)N[C@@H](c2ccccc2)c2cccs2)cc1OC. The van der Waals surface area contributed by atoms with Crippen LogP contribution in [0.2, 0.25) is 0 Å². The molecule has 0 aliphatic heterocycles. The number of carbonyl (C=O) groups excluding carboxylic acids is 1. The summed E-state index contributed by atoms with van der Waals surface area (Å²) in [4.78, 5) is 15.9. The molecule has 3 rings (SSSR count). The Morgan fingerprint density at radius 3 is 2.47 bits per heavy atom. The van der Waals surface area contributed by atoms with Gasteiger partial charge in [0.1, 0.15) is 0 Å². The second-order valence-corrected chi connectivity index (χ2v) is 8.08. The van der Waals surface area contributed by atoms with Crippen molar-refractivity contribution in [1.29, 1.82) is 0 Å². The summed E-state index contributed by atoms with van der Waals surface area (Å²) in [7, 11) is 5.22. The third kappa shape index (κ3) is 5.84. The number of benzene rings is 2. The van der Waals surface area contributed by atoms with E-state index in [1.807, 2.05) is 71.9 Å². The summed E-state index contributed by atoms with van der Waals surface area (Å²) in [6, 6.07) is 19.9. The zero-order valence-electron chi connectivity index (χ0n) is 17.6. The van der Waals surface area contributed by atoms with Crippen LogP contribution in [0.1, 0.15) is 22.0 Å². The maximum Gasteiger partial charge on any atom is 0.234 e. The minimum atomic E-state index is -0.127. The zero-order valence-corrected chi connectivity index (χ0v) is 18.4. The number of hydrogen-bond donors (Lipinski definition) is 1. The summed E-state index contributed by atoms with van der Waals surface area (Å²) < 4.78 is 10.7. The lowest BCUT2D eigenvalue weighted by Gasteiger charge is -2.21. The van der Waals surface area contributed by atoms with Crippen molar-refractivity contribution < 1.29 is 14.3 Å². The van der Waals surface area contributed by atoms with Gasteiger partial charge in [-0.05, 0) is 48.2 Å². The maximum absolute atomic E-state index is 12.7. The smallest absolute Gasteiger partial charge is 0.234 e. The molecule has 1 amide bonds. The molecule has 0 bridgehead atoms. The first-order chi connectivity index (χ1) is 14.6. The Morgan fingerprint density at radius 2 is 1.80 bits per heavy atom. The summed E-state index contributed by atoms with van der Waals surface area (Å²) in [5.74, 6) is 1.44. The normalized spacial score (nSPS) is 11.9. The predicted molar refractivity (Wildman–Crippen MR) is 121 cm³/mol. The third-order valence-corrected chi connectivity index (χ3v) is 5.85. The van der Waals surface area contributed by atoms with E-state index in [0.29, 0.717) is 6.54 Å². The molecular weight excluding hydrogens is 396 g/mol. The Kier molecular flexibility index (Phi) is 7.88. The highest BCUT2D eigenvalue weighted by Crippen LogP contribution is 2.28. The van der Waals surface area contributed by atoms with E-state index in [1.165, 1.54) is 0 Å². The fraction of sp³-hybridized carbons (Fsp3) is 0.292. The van der Waals surface area contributed by atoms with Gasteiger partial charge in [-0.2, -0.15) is 0 Å². The van der Waals surface area contributed by atoms with Crippen molar-refractivity contribution in [2.24, 2.45) is 0 Å². The van der Waals surface area contributed by atoms with E-state index < -0.39 is 0 Å². The van der Waals surface area contributed by atoms with E-state index in [9.17, 15) is 4.79 Å². The Balaban J connectivity index is 1.57. The van der Waals surface area contributed by atoms with Crippen LogP contribution in [0.15, 0.2) is 66.0 Å². The van der Waals surface area contributed by atoms with E-state index in [1.54, 1.807) is 25.6 Å². The van der Waals surface area contributed by atoms with Crippen molar-refractivity contribution in [3.05, 3.63) is 82.0 Å². The van der Waals surface area contributed by atoms with Crippen molar-refractivity contribution in [2.45, 2.75) is 12.5 Å². The topological polar surface area (TPSA) is 50.8 Å². The largest absolute Gasteiger partial charge is 0.493 e. The molecule has 0 spiro atoms. The first-order valence-corrected chi connectivity index (χ1v) is 10.8. The van der Waals surface area contributed by atoms with Gasteiger partial charge in [0, 0.05) is 11.4 Å². The van der Waals surface area contributed by atoms with E-state index in [2.05, 4.69) is 11.4 Å². The molecular formula is C24H28N2O3S. The molecule has 1 N–H and O–H groups in total. The Morgan fingerprint density at radius 1 is 1.03 bits per heavy atom. The van der Waals surface area contributed by atoms with Gasteiger partial charge < -0.3 is 14.8 Å². The molecule has 1 atom stereocenters. The van der Waals surface area contributed by atoms with Crippen LogP contribution in [0.4, 0.5) is 0 Å². The summed E-state index contributed by atoms with van der Waals surface area (Å²) in [6.07, 6.45) is 0.817. The monoisotopic (exact) mass is 424 g/mol. The van der Waals surface area contributed by atoms with Crippen molar-refractivity contribution in [1.82, 2.24) is 10.2 Å². The van der Waals surface area contributed by atoms with Crippen LogP contribution in [0.5, 0.6) is 11.5 Å². The van der Waals surface area contributed by atoms with Gasteiger partial charge in [0.2, 0.25) is 5.91 Å². The number of ether oxygens (including phenoxy) is 2. The number of rotatable bonds is 10. The van der Waals surface area contributed by atoms with Gasteiger partial charge in [0.05, 0.1) is 26.8 Å². The number of thiophene rings is 1. The van der Waals surface area contributed by atoms with Crippen molar-refractivity contribution in [3.8, 4) is 11.5 Å². The van der Waals surface area contributed by atoms with Crippen LogP contribution in [-0.2, 0) is 11.2 Å². The van der Waals surface area contributed by atoms with E-state index in [-0.39, 0.29) is 11.9 Å². The number of carbonyl (C=O) groups is 1. The lowest BCUT2D eigenvalue weighted by molar-refractivity contribution is -0.122. The highest BCUT2D eigenvalue weighted by molar-refractivity contribution is 7.10. The molecule has 6 heteroatoms. The molecule has 0 saturated heterocycles. The summed E-state index contributed by atoms with van der Waals surface area (Å²) in [5, 5.41) is 5.23. The van der Waals surface area contributed by atoms with E-state index >= 15 is 0 Å². The Hall–Kier alpha value is -2.83. The van der Waals surface area contributed by atoms with Crippen LogP contribution < -0.4 is 14.8 Å². The molecule has 0 radical (unpaired) electrons. The van der Waals surface area contributed by atoms with Crippen LogP contribution in [0, 0.1) is 0 Å². The van der Waals surface area contributed by atoms with Gasteiger partial charge in [-0.15, -0.1) is 11.3 Å². The molecule has 0 unspecified atom stereocenters. The second kappa shape index (κ2) is 10.8. The van der Waals surface area contributed by atoms with Crippen molar-refractivity contribution in [3.63, 3.8) is 0 Å². The molecule has 0 aliphatic carbocycles. The summed E-state index contributed by atoms with van der Waals surface area (Å²) >= 11 is 1.65. The standard InChI is InChI=1S/C24H28N2O3S/c1-26(14-13-18-11-12-20(28-2)21(16-18)29-3)17-23(27)25-24(22-10-7-15-30-22)19-8-5-4-6-9-19/h4-12,15-16,24H,13-14,17H2,1-3H3,(H,25,27)/t24-/m0/s1. The molecule has 1 aromatic heterocycles. The number of nitrogens with zero attached hydrogens (tertiary/aromatic N) is 1. The van der Waals surface area contributed by atoms with Gasteiger partial charge in [0.25, 0.3) is 0 Å². The van der Waals surface area contributed by atoms with Crippen LogP contribution >= 0.6 is 11.3 Å². The summed E-state index contributed by atoms with van der Waals surface area (Å²) in [6.45, 7) is 1.10. The van der Waals surface area contributed by atoms with Crippen molar-refractivity contribution >= 4 is 17.2 Å². The zero-order chi connectivity index (χ0) is 21.3. The first kappa shape index (κ1) is 21.9. The number of nitrogens with one attached hydrogen (secondary N) is 1. The first-order valence-electron chi connectivity index (χ1n) is 9.88. The molecule has 1 heterocycles. The molecule has 0 fully saturated rings. The minimum Gasteiger partial charge on any atom is -0.493 e. The number of methoxy groups -OCH3 is 2. The number of likely N-dealkylation sites (N-methyl/N-ethyl adjacent to an activating group) is 1. The van der Waals surface area contributed by atoms with Crippen molar-refractivity contribution in [2.75, 3.05) is 34.4 Å². The quantitative estimate of drug-likeness (QED) is 0.531. The fourth-order valence-electron chi connectivity index (χ4n) is 3.31. The molecule has 2 aromatic carbocycles. The molecule has 158 valence electrons. The van der Waals surface area contributed by atoms with Gasteiger partial charge in [-0.3, -0.25) is 9.69 Å². The van der Waals surface area contributed by atoms with Gasteiger partial charge in [0.15, 0.2) is 11.5 Å². The lowest BCUT2D eigenvalue weighted by Crippen LogP contribution is -2.38.